The first kappa shape index (κ1) is 18.4. The van der Waals surface area contributed by atoms with Crippen LogP contribution in [-0.4, -0.2) is 0 Å². The molecule has 136 valence electrons. The zero-order chi connectivity index (χ0) is 17.8. The second-order valence-corrected chi connectivity index (χ2v) is 8.08. The average molecular weight is 345 g/mol. The molecule has 1 nitrogen and oxygen atoms in total. The van der Waals surface area contributed by atoms with Gasteiger partial charge in [-0.15, -0.1) is 0 Å². The van der Waals surface area contributed by atoms with Crippen LogP contribution in [0.4, 0.5) is 8.78 Å². The number of rotatable bonds is 5. The number of hydrogen-bond donors (Lipinski definition) is 0. The van der Waals surface area contributed by atoms with Crippen LogP contribution in [0.2, 0.25) is 0 Å². The van der Waals surface area contributed by atoms with E-state index < -0.39 is 17.2 Å². The predicted molar refractivity (Wildman–Crippen MR) is 96.2 cm³/mol. The first-order valence-electron chi connectivity index (χ1n) is 10.0. The Morgan fingerprint density at radius 2 is 1.84 bits per heavy atom. The molecule has 1 saturated carbocycles. The summed E-state index contributed by atoms with van der Waals surface area (Å²) in [6.07, 6.45) is 13.0. The van der Waals surface area contributed by atoms with Crippen molar-refractivity contribution in [1.82, 2.24) is 0 Å². The highest BCUT2D eigenvalue weighted by atomic mass is 19.1. The van der Waals surface area contributed by atoms with Gasteiger partial charge in [-0.3, -0.25) is 0 Å². The van der Waals surface area contributed by atoms with Crippen LogP contribution in [0.1, 0.15) is 81.4 Å². The quantitative estimate of drug-likeness (QED) is 0.572. The van der Waals surface area contributed by atoms with E-state index in [0.717, 1.165) is 24.3 Å². The summed E-state index contributed by atoms with van der Waals surface area (Å²) in [6.45, 7) is 2.25. The Kier molecular flexibility index (Phi) is 6.10. The van der Waals surface area contributed by atoms with E-state index in [-0.39, 0.29) is 0 Å². The van der Waals surface area contributed by atoms with E-state index in [9.17, 15) is 8.78 Å². The molecule has 0 N–H and O–H groups in total. The third-order valence-electron chi connectivity index (χ3n) is 6.54. The molecular weight excluding hydrogens is 316 g/mol. The van der Waals surface area contributed by atoms with Gasteiger partial charge >= 0.3 is 0 Å². The molecule has 25 heavy (non-hydrogen) atoms. The molecule has 2 aliphatic carbocycles. The SMILES string of the molecule is CCCCCC1CCC(C2CCc3c(cc(F)c(C#N)c3F)C2)CC1. The summed E-state index contributed by atoms with van der Waals surface area (Å²) < 4.78 is 28.3. The van der Waals surface area contributed by atoms with E-state index in [1.165, 1.54) is 57.4 Å². The van der Waals surface area contributed by atoms with E-state index >= 15 is 0 Å². The monoisotopic (exact) mass is 345 g/mol. The van der Waals surface area contributed by atoms with Crippen molar-refractivity contribution in [3.8, 4) is 6.07 Å². The molecule has 3 heteroatoms. The number of hydrogen-bond acceptors (Lipinski definition) is 1. The van der Waals surface area contributed by atoms with Gasteiger partial charge in [0.05, 0.1) is 0 Å². The van der Waals surface area contributed by atoms with Crippen LogP contribution in [0.15, 0.2) is 6.07 Å². The summed E-state index contributed by atoms with van der Waals surface area (Å²) in [5.74, 6) is 0.842. The van der Waals surface area contributed by atoms with Crippen LogP contribution in [-0.2, 0) is 12.8 Å². The number of benzene rings is 1. The summed E-state index contributed by atoms with van der Waals surface area (Å²) in [4.78, 5) is 0. The third-order valence-corrected chi connectivity index (χ3v) is 6.54. The number of nitriles is 1. The van der Waals surface area contributed by atoms with E-state index in [1.54, 1.807) is 6.07 Å². The molecule has 0 aliphatic heterocycles. The second kappa shape index (κ2) is 8.30. The number of nitrogens with zero attached hydrogens (tertiary/aromatic N) is 1. The van der Waals surface area contributed by atoms with Crippen molar-refractivity contribution in [2.24, 2.45) is 17.8 Å². The third kappa shape index (κ3) is 4.05. The highest BCUT2D eigenvalue weighted by molar-refractivity contribution is 5.42. The molecule has 0 aromatic heterocycles. The highest BCUT2D eigenvalue weighted by Crippen LogP contribution is 2.41. The largest absolute Gasteiger partial charge is 0.205 e. The highest BCUT2D eigenvalue weighted by Gasteiger charge is 2.32. The van der Waals surface area contributed by atoms with Gasteiger partial charge in [0.25, 0.3) is 0 Å². The van der Waals surface area contributed by atoms with Gasteiger partial charge < -0.3 is 0 Å². The summed E-state index contributed by atoms with van der Waals surface area (Å²) in [7, 11) is 0. The fourth-order valence-corrected chi connectivity index (χ4v) is 5.01. The van der Waals surface area contributed by atoms with Gasteiger partial charge in [0.15, 0.2) is 0 Å². The summed E-state index contributed by atoms with van der Waals surface area (Å²) >= 11 is 0. The lowest BCUT2D eigenvalue weighted by Gasteiger charge is -2.36. The molecule has 1 aromatic rings. The van der Waals surface area contributed by atoms with Crippen molar-refractivity contribution in [3.63, 3.8) is 0 Å². The van der Waals surface area contributed by atoms with Gasteiger partial charge in [-0.25, -0.2) is 8.78 Å². The fourth-order valence-electron chi connectivity index (χ4n) is 5.01. The smallest absolute Gasteiger partial charge is 0.147 e. The van der Waals surface area contributed by atoms with Crippen LogP contribution in [0.5, 0.6) is 0 Å². The average Bonchev–Trinajstić information content (AvgIpc) is 2.62. The van der Waals surface area contributed by atoms with Gasteiger partial charge in [-0.05, 0) is 67.1 Å². The molecule has 0 radical (unpaired) electrons. The zero-order valence-electron chi connectivity index (χ0n) is 15.3. The Labute approximate surface area is 150 Å². The topological polar surface area (TPSA) is 23.8 Å². The van der Waals surface area contributed by atoms with Gasteiger partial charge in [0.2, 0.25) is 0 Å². The Morgan fingerprint density at radius 3 is 2.52 bits per heavy atom. The first-order valence-corrected chi connectivity index (χ1v) is 10.0. The van der Waals surface area contributed by atoms with Crippen LogP contribution >= 0.6 is 0 Å². The Hall–Kier alpha value is -1.43. The number of unbranched alkanes of at least 4 members (excludes halogenated alkanes) is 2. The van der Waals surface area contributed by atoms with Crippen LogP contribution < -0.4 is 0 Å². The lowest BCUT2D eigenvalue weighted by molar-refractivity contribution is 0.182. The molecule has 0 spiro atoms. The maximum Gasteiger partial charge on any atom is 0.147 e. The molecule has 0 saturated heterocycles. The second-order valence-electron chi connectivity index (χ2n) is 8.08. The van der Waals surface area contributed by atoms with Crippen LogP contribution in [0.25, 0.3) is 0 Å². The lowest BCUT2D eigenvalue weighted by atomic mass is 9.69. The maximum absolute atomic E-state index is 14.3. The maximum atomic E-state index is 14.3. The van der Waals surface area contributed by atoms with Crippen molar-refractivity contribution in [2.75, 3.05) is 0 Å². The van der Waals surface area contributed by atoms with Gasteiger partial charge in [0.1, 0.15) is 23.3 Å². The number of halogens is 2. The van der Waals surface area contributed by atoms with E-state index in [1.807, 2.05) is 0 Å². The molecule has 0 amide bonds. The van der Waals surface area contributed by atoms with Gasteiger partial charge in [-0.2, -0.15) is 5.26 Å². The Bertz CT molecular complexity index is 638. The standard InChI is InChI=1S/C22H29F2N/c1-2-3-4-5-15-6-8-16(9-7-15)17-10-11-19-18(12-17)13-21(23)20(14-25)22(19)24/h13,15-17H,2-12H2,1H3. The van der Waals surface area contributed by atoms with Crippen molar-refractivity contribution in [3.05, 3.63) is 34.4 Å². The lowest BCUT2D eigenvalue weighted by Crippen LogP contribution is -2.27. The van der Waals surface area contributed by atoms with E-state index in [0.29, 0.717) is 23.8 Å². The van der Waals surface area contributed by atoms with Crippen molar-refractivity contribution < 1.29 is 8.78 Å². The summed E-state index contributed by atoms with van der Waals surface area (Å²) in [5, 5.41) is 8.93. The minimum absolute atomic E-state index is 0.412. The Balaban J connectivity index is 1.60. The molecular formula is C22H29F2N. The zero-order valence-corrected chi connectivity index (χ0v) is 15.3. The van der Waals surface area contributed by atoms with Crippen molar-refractivity contribution in [1.29, 1.82) is 5.26 Å². The summed E-state index contributed by atoms with van der Waals surface area (Å²) in [5.41, 5.74) is 0.975. The molecule has 0 bridgehead atoms. The molecule has 1 atom stereocenters. The van der Waals surface area contributed by atoms with Crippen LogP contribution in [0.3, 0.4) is 0 Å². The van der Waals surface area contributed by atoms with Crippen molar-refractivity contribution >= 4 is 0 Å². The molecule has 0 heterocycles. The normalized spacial score (nSPS) is 26.1. The van der Waals surface area contributed by atoms with Gasteiger partial charge in [0, 0.05) is 0 Å². The Morgan fingerprint density at radius 1 is 1.08 bits per heavy atom. The molecule has 1 unspecified atom stereocenters. The van der Waals surface area contributed by atoms with E-state index in [2.05, 4.69) is 6.92 Å². The minimum atomic E-state index is -0.695. The van der Waals surface area contributed by atoms with Crippen LogP contribution in [0, 0.1) is 40.7 Å². The molecule has 3 rings (SSSR count). The molecule has 2 aliphatic rings. The van der Waals surface area contributed by atoms with Gasteiger partial charge in [-0.1, -0.05) is 45.4 Å². The molecule has 1 aromatic carbocycles. The molecule has 1 fully saturated rings. The first-order chi connectivity index (χ1) is 12.1. The van der Waals surface area contributed by atoms with E-state index in [4.69, 9.17) is 5.26 Å². The number of fused-ring (bicyclic) bond motifs is 1. The fraction of sp³-hybridized carbons (Fsp3) is 0.682. The summed E-state index contributed by atoms with van der Waals surface area (Å²) in [6, 6.07) is 3.08. The predicted octanol–water partition coefficient (Wildman–Crippen LogP) is 6.33. The van der Waals surface area contributed by atoms with Crippen molar-refractivity contribution in [2.45, 2.75) is 77.6 Å². The minimum Gasteiger partial charge on any atom is -0.205 e.